The zero-order valence-electron chi connectivity index (χ0n) is 12.7. The first-order chi connectivity index (χ1) is 10.1. The van der Waals surface area contributed by atoms with Crippen molar-refractivity contribution >= 4 is 21.7 Å². The first-order valence-corrected chi connectivity index (χ1v) is 8.00. The third-order valence-corrected chi connectivity index (χ3v) is 3.66. The molecule has 2 aromatic rings. The fraction of sp³-hybridized carbons (Fsp3) is 0.353. The van der Waals surface area contributed by atoms with Gasteiger partial charge in [-0.05, 0) is 42.7 Å². The molecule has 1 heterocycles. The van der Waals surface area contributed by atoms with E-state index in [2.05, 4.69) is 53.1 Å². The number of rotatable bonds is 6. The van der Waals surface area contributed by atoms with E-state index in [9.17, 15) is 0 Å². The number of pyridine rings is 1. The van der Waals surface area contributed by atoms with E-state index in [1.54, 1.807) is 0 Å². The maximum absolute atomic E-state index is 5.96. The van der Waals surface area contributed by atoms with Crippen molar-refractivity contribution in [2.75, 3.05) is 11.9 Å². The molecular formula is C17H21BrN2O. The van der Waals surface area contributed by atoms with Crippen LogP contribution in [0.2, 0.25) is 0 Å². The molecule has 0 saturated carbocycles. The maximum Gasteiger partial charge on any atom is 0.125 e. The van der Waals surface area contributed by atoms with Gasteiger partial charge in [0.1, 0.15) is 18.2 Å². The van der Waals surface area contributed by atoms with Crippen LogP contribution in [0.25, 0.3) is 0 Å². The summed E-state index contributed by atoms with van der Waals surface area (Å²) >= 11 is 3.51. The lowest BCUT2D eigenvalue weighted by atomic mass is 10.0. The van der Waals surface area contributed by atoms with E-state index in [4.69, 9.17) is 4.74 Å². The van der Waals surface area contributed by atoms with Gasteiger partial charge in [0, 0.05) is 22.8 Å². The van der Waals surface area contributed by atoms with Crippen LogP contribution < -0.4 is 10.1 Å². The molecule has 2 rings (SSSR count). The Morgan fingerprint density at radius 3 is 2.67 bits per heavy atom. The monoisotopic (exact) mass is 348 g/mol. The Labute approximate surface area is 134 Å². The molecule has 0 unspecified atom stereocenters. The fourth-order valence-corrected chi connectivity index (χ4v) is 2.44. The van der Waals surface area contributed by atoms with Crippen molar-refractivity contribution in [1.29, 1.82) is 0 Å². The first kappa shape index (κ1) is 15.8. The van der Waals surface area contributed by atoms with Gasteiger partial charge < -0.3 is 10.1 Å². The van der Waals surface area contributed by atoms with Crippen LogP contribution >= 0.6 is 15.9 Å². The summed E-state index contributed by atoms with van der Waals surface area (Å²) in [6, 6.07) is 10.2. The van der Waals surface area contributed by atoms with Gasteiger partial charge in [0.25, 0.3) is 0 Å². The van der Waals surface area contributed by atoms with Crippen molar-refractivity contribution in [1.82, 2.24) is 4.98 Å². The van der Waals surface area contributed by atoms with E-state index in [-0.39, 0.29) is 0 Å². The Morgan fingerprint density at radius 1 is 1.24 bits per heavy atom. The number of anilines is 1. The first-order valence-electron chi connectivity index (χ1n) is 7.21. The summed E-state index contributed by atoms with van der Waals surface area (Å²) in [6.45, 7) is 7.79. The van der Waals surface area contributed by atoms with E-state index in [0.29, 0.717) is 12.5 Å². The lowest BCUT2D eigenvalue weighted by molar-refractivity contribution is 0.301. The Kier molecular flexibility index (Phi) is 5.62. The predicted octanol–water partition coefficient (Wildman–Crippen LogP) is 4.98. The molecule has 21 heavy (non-hydrogen) atoms. The van der Waals surface area contributed by atoms with Crippen molar-refractivity contribution in [3.8, 4) is 5.75 Å². The molecule has 0 fully saturated rings. The van der Waals surface area contributed by atoms with E-state index in [0.717, 1.165) is 28.1 Å². The molecule has 1 N–H and O–H groups in total. The van der Waals surface area contributed by atoms with Gasteiger partial charge in [-0.2, -0.15) is 0 Å². The van der Waals surface area contributed by atoms with Crippen LogP contribution in [0, 0.1) is 0 Å². The molecule has 0 radical (unpaired) electrons. The summed E-state index contributed by atoms with van der Waals surface area (Å²) in [5.74, 6) is 2.25. The van der Waals surface area contributed by atoms with Crippen LogP contribution in [0.3, 0.4) is 0 Å². The highest BCUT2D eigenvalue weighted by Crippen LogP contribution is 2.30. The van der Waals surface area contributed by atoms with Crippen molar-refractivity contribution < 1.29 is 4.74 Å². The quantitative estimate of drug-likeness (QED) is 0.799. The SMILES string of the molecule is CCNc1ccc(COc2ccc(Br)cc2C(C)C)cn1. The standard InChI is InChI=1S/C17H21BrN2O/c1-4-19-17-8-5-13(10-20-17)11-21-16-7-6-14(18)9-15(16)12(2)3/h5-10,12H,4,11H2,1-3H3,(H,19,20). The molecule has 0 bridgehead atoms. The Hall–Kier alpha value is -1.55. The molecule has 3 nitrogen and oxygen atoms in total. The Balaban J connectivity index is 2.05. The summed E-state index contributed by atoms with van der Waals surface area (Å²) in [5, 5.41) is 3.18. The minimum Gasteiger partial charge on any atom is -0.489 e. The number of hydrogen-bond acceptors (Lipinski definition) is 3. The lowest BCUT2D eigenvalue weighted by Crippen LogP contribution is -2.02. The molecule has 0 aliphatic carbocycles. The summed E-state index contributed by atoms with van der Waals surface area (Å²) in [4.78, 5) is 4.35. The predicted molar refractivity (Wildman–Crippen MR) is 91.0 cm³/mol. The van der Waals surface area contributed by atoms with Crippen LogP contribution in [0.4, 0.5) is 5.82 Å². The van der Waals surface area contributed by atoms with E-state index < -0.39 is 0 Å². The molecule has 0 atom stereocenters. The minimum atomic E-state index is 0.423. The molecule has 0 spiro atoms. The van der Waals surface area contributed by atoms with Gasteiger partial charge in [0.15, 0.2) is 0 Å². The summed E-state index contributed by atoms with van der Waals surface area (Å²) in [5.41, 5.74) is 2.27. The van der Waals surface area contributed by atoms with Gasteiger partial charge in [-0.1, -0.05) is 35.8 Å². The number of nitrogens with zero attached hydrogens (tertiary/aromatic N) is 1. The molecule has 0 amide bonds. The molecule has 1 aromatic carbocycles. The van der Waals surface area contributed by atoms with Crippen molar-refractivity contribution in [3.05, 3.63) is 52.1 Å². The number of halogens is 1. The van der Waals surface area contributed by atoms with Gasteiger partial charge in [0.2, 0.25) is 0 Å². The van der Waals surface area contributed by atoms with E-state index in [1.165, 1.54) is 5.56 Å². The molecule has 0 saturated heterocycles. The highest BCUT2D eigenvalue weighted by atomic mass is 79.9. The summed E-state index contributed by atoms with van der Waals surface area (Å²) in [7, 11) is 0. The fourth-order valence-electron chi connectivity index (χ4n) is 2.06. The van der Waals surface area contributed by atoms with Gasteiger partial charge >= 0.3 is 0 Å². The zero-order valence-corrected chi connectivity index (χ0v) is 14.3. The van der Waals surface area contributed by atoms with Crippen LogP contribution in [-0.2, 0) is 6.61 Å². The molecule has 0 aliphatic heterocycles. The minimum absolute atomic E-state index is 0.423. The van der Waals surface area contributed by atoms with Gasteiger partial charge in [0.05, 0.1) is 0 Å². The second-order valence-corrected chi connectivity index (χ2v) is 6.12. The molecule has 112 valence electrons. The van der Waals surface area contributed by atoms with Crippen molar-refractivity contribution in [2.24, 2.45) is 0 Å². The number of benzene rings is 1. The number of hydrogen-bond donors (Lipinski definition) is 1. The smallest absolute Gasteiger partial charge is 0.125 e. The third kappa shape index (κ3) is 4.46. The average molecular weight is 349 g/mol. The second-order valence-electron chi connectivity index (χ2n) is 5.21. The van der Waals surface area contributed by atoms with Crippen LogP contribution in [-0.4, -0.2) is 11.5 Å². The molecular weight excluding hydrogens is 328 g/mol. The van der Waals surface area contributed by atoms with Crippen molar-refractivity contribution in [2.45, 2.75) is 33.3 Å². The van der Waals surface area contributed by atoms with E-state index in [1.807, 2.05) is 30.5 Å². The van der Waals surface area contributed by atoms with Gasteiger partial charge in [-0.25, -0.2) is 4.98 Å². The van der Waals surface area contributed by atoms with E-state index >= 15 is 0 Å². The second kappa shape index (κ2) is 7.46. The average Bonchev–Trinajstić information content (AvgIpc) is 2.47. The van der Waals surface area contributed by atoms with Crippen LogP contribution in [0.1, 0.15) is 37.8 Å². The summed E-state index contributed by atoms with van der Waals surface area (Å²) in [6.07, 6.45) is 1.85. The molecule has 4 heteroatoms. The van der Waals surface area contributed by atoms with Crippen LogP contribution in [0.15, 0.2) is 41.0 Å². The third-order valence-electron chi connectivity index (χ3n) is 3.17. The maximum atomic E-state index is 5.96. The highest BCUT2D eigenvalue weighted by molar-refractivity contribution is 9.10. The molecule has 1 aromatic heterocycles. The van der Waals surface area contributed by atoms with Gasteiger partial charge in [-0.3, -0.25) is 0 Å². The Morgan fingerprint density at radius 2 is 2.05 bits per heavy atom. The largest absolute Gasteiger partial charge is 0.489 e. The van der Waals surface area contributed by atoms with Crippen LogP contribution in [0.5, 0.6) is 5.75 Å². The van der Waals surface area contributed by atoms with Crippen molar-refractivity contribution in [3.63, 3.8) is 0 Å². The number of aromatic nitrogens is 1. The van der Waals surface area contributed by atoms with Gasteiger partial charge in [-0.15, -0.1) is 0 Å². The Bertz CT molecular complexity index is 582. The number of ether oxygens (including phenoxy) is 1. The number of nitrogens with one attached hydrogen (secondary N) is 1. The highest BCUT2D eigenvalue weighted by Gasteiger charge is 2.09. The summed E-state index contributed by atoms with van der Waals surface area (Å²) < 4.78 is 7.04. The normalized spacial score (nSPS) is 10.7. The lowest BCUT2D eigenvalue weighted by Gasteiger charge is -2.14. The topological polar surface area (TPSA) is 34.1 Å². The zero-order chi connectivity index (χ0) is 15.2. The molecule has 0 aliphatic rings.